The lowest BCUT2D eigenvalue weighted by atomic mass is 10.2. The van der Waals surface area contributed by atoms with E-state index >= 15 is 0 Å². The molecule has 0 aliphatic heterocycles. The van der Waals surface area contributed by atoms with Crippen LogP contribution in [-0.4, -0.2) is 25.7 Å². The molecule has 86 valence electrons. The maximum absolute atomic E-state index is 5.47. The van der Waals surface area contributed by atoms with Crippen LogP contribution in [0.25, 0.3) is 0 Å². The lowest BCUT2D eigenvalue weighted by Gasteiger charge is -2.05. The molecule has 2 nitrogen and oxygen atoms in total. The SMILES string of the molecule is CCOCCOc1ccc(C#CCCl)cc1. The van der Waals surface area contributed by atoms with Crippen molar-refractivity contribution in [3.8, 4) is 17.6 Å². The van der Waals surface area contributed by atoms with Crippen LogP contribution in [0.2, 0.25) is 0 Å². The molecule has 1 rings (SSSR count). The Morgan fingerprint density at radius 2 is 1.94 bits per heavy atom. The number of ether oxygens (including phenoxy) is 2. The fraction of sp³-hybridized carbons (Fsp3) is 0.385. The van der Waals surface area contributed by atoms with Crippen LogP contribution in [-0.2, 0) is 4.74 Å². The van der Waals surface area contributed by atoms with Gasteiger partial charge < -0.3 is 9.47 Å². The lowest BCUT2D eigenvalue weighted by molar-refractivity contribution is 0.110. The highest BCUT2D eigenvalue weighted by Gasteiger charge is 1.93. The van der Waals surface area contributed by atoms with Crippen molar-refractivity contribution in [2.24, 2.45) is 0 Å². The van der Waals surface area contributed by atoms with E-state index in [4.69, 9.17) is 21.1 Å². The van der Waals surface area contributed by atoms with Crippen LogP contribution in [0.3, 0.4) is 0 Å². The maximum Gasteiger partial charge on any atom is 0.119 e. The van der Waals surface area contributed by atoms with E-state index in [1.54, 1.807) is 0 Å². The number of hydrogen-bond acceptors (Lipinski definition) is 2. The van der Waals surface area contributed by atoms with Crippen LogP contribution in [0.5, 0.6) is 5.75 Å². The first-order valence-electron chi connectivity index (χ1n) is 5.22. The summed E-state index contributed by atoms with van der Waals surface area (Å²) in [6, 6.07) is 7.61. The number of halogens is 1. The van der Waals surface area contributed by atoms with Gasteiger partial charge in [-0.15, -0.1) is 11.6 Å². The number of benzene rings is 1. The van der Waals surface area contributed by atoms with Crippen molar-refractivity contribution in [3.63, 3.8) is 0 Å². The largest absolute Gasteiger partial charge is 0.491 e. The molecule has 16 heavy (non-hydrogen) atoms. The quantitative estimate of drug-likeness (QED) is 0.446. The molecule has 3 heteroatoms. The van der Waals surface area contributed by atoms with Gasteiger partial charge in [0.05, 0.1) is 12.5 Å². The number of alkyl halides is 1. The van der Waals surface area contributed by atoms with Crippen LogP contribution in [0.4, 0.5) is 0 Å². The van der Waals surface area contributed by atoms with Gasteiger partial charge in [-0.05, 0) is 31.2 Å². The van der Waals surface area contributed by atoms with Gasteiger partial charge in [0.15, 0.2) is 0 Å². The van der Waals surface area contributed by atoms with Gasteiger partial charge in [0.25, 0.3) is 0 Å². The molecule has 1 aromatic rings. The minimum atomic E-state index is 0.354. The zero-order valence-electron chi connectivity index (χ0n) is 9.33. The Bertz CT molecular complexity index is 348. The fourth-order valence-electron chi connectivity index (χ4n) is 1.13. The van der Waals surface area contributed by atoms with E-state index < -0.39 is 0 Å². The first kappa shape index (κ1) is 12.9. The van der Waals surface area contributed by atoms with Crippen molar-refractivity contribution in [1.82, 2.24) is 0 Å². The summed E-state index contributed by atoms with van der Waals surface area (Å²) in [6.45, 7) is 3.87. The van der Waals surface area contributed by atoms with Gasteiger partial charge in [-0.1, -0.05) is 11.8 Å². The molecule has 0 radical (unpaired) electrons. The summed E-state index contributed by atoms with van der Waals surface area (Å²) in [5.74, 6) is 6.92. The summed E-state index contributed by atoms with van der Waals surface area (Å²) in [5.41, 5.74) is 0.942. The van der Waals surface area contributed by atoms with Crippen LogP contribution < -0.4 is 4.74 Å². The number of rotatable bonds is 5. The topological polar surface area (TPSA) is 18.5 Å². The van der Waals surface area contributed by atoms with Crippen molar-refractivity contribution in [3.05, 3.63) is 29.8 Å². The van der Waals surface area contributed by atoms with E-state index in [0.717, 1.165) is 17.9 Å². The highest BCUT2D eigenvalue weighted by atomic mass is 35.5. The van der Waals surface area contributed by atoms with Crippen molar-refractivity contribution in [2.75, 3.05) is 25.7 Å². The molecule has 0 bridgehead atoms. The van der Waals surface area contributed by atoms with Crippen molar-refractivity contribution in [1.29, 1.82) is 0 Å². The summed E-state index contributed by atoms with van der Waals surface area (Å²) in [5, 5.41) is 0. The van der Waals surface area contributed by atoms with Crippen LogP contribution in [0.15, 0.2) is 24.3 Å². The average molecular weight is 239 g/mol. The van der Waals surface area contributed by atoms with E-state index in [0.29, 0.717) is 19.1 Å². The van der Waals surface area contributed by atoms with E-state index in [2.05, 4.69) is 11.8 Å². The molecule has 0 N–H and O–H groups in total. The molecule has 0 unspecified atom stereocenters. The summed E-state index contributed by atoms with van der Waals surface area (Å²) in [7, 11) is 0. The molecule has 0 aliphatic rings. The third-order valence-corrected chi connectivity index (χ3v) is 1.99. The van der Waals surface area contributed by atoms with E-state index in [1.807, 2.05) is 31.2 Å². The average Bonchev–Trinajstić information content (AvgIpc) is 2.33. The second-order valence-electron chi connectivity index (χ2n) is 3.01. The van der Waals surface area contributed by atoms with E-state index in [1.165, 1.54) is 0 Å². The summed E-state index contributed by atoms with van der Waals surface area (Å²) in [4.78, 5) is 0. The standard InChI is InChI=1S/C13H15ClO2/c1-2-15-10-11-16-13-7-5-12(6-8-13)4-3-9-14/h5-8H,2,9-11H2,1H3. The summed E-state index contributed by atoms with van der Waals surface area (Å²) < 4.78 is 10.6. The van der Waals surface area contributed by atoms with Gasteiger partial charge in [0.1, 0.15) is 12.4 Å². The van der Waals surface area contributed by atoms with E-state index in [9.17, 15) is 0 Å². The molecule has 0 amide bonds. The molecule has 0 saturated carbocycles. The smallest absolute Gasteiger partial charge is 0.119 e. The molecule has 0 atom stereocenters. The van der Waals surface area contributed by atoms with Crippen molar-refractivity contribution >= 4 is 11.6 Å². The second kappa shape index (κ2) is 8.04. The normalized spacial score (nSPS) is 9.38. The Labute approximate surface area is 102 Å². The first-order valence-corrected chi connectivity index (χ1v) is 5.75. The van der Waals surface area contributed by atoms with Crippen molar-refractivity contribution < 1.29 is 9.47 Å². The third kappa shape index (κ3) is 5.06. The predicted molar refractivity (Wildman–Crippen MR) is 66.0 cm³/mol. The molecule has 0 saturated heterocycles. The van der Waals surface area contributed by atoms with Gasteiger partial charge in [0.2, 0.25) is 0 Å². The predicted octanol–water partition coefficient (Wildman–Crippen LogP) is 2.69. The zero-order valence-corrected chi connectivity index (χ0v) is 10.1. The van der Waals surface area contributed by atoms with Crippen LogP contribution in [0.1, 0.15) is 12.5 Å². The molecular formula is C13H15ClO2. The summed E-state index contributed by atoms with van der Waals surface area (Å²) in [6.07, 6.45) is 0. The van der Waals surface area contributed by atoms with Crippen LogP contribution in [0, 0.1) is 11.8 Å². The minimum absolute atomic E-state index is 0.354. The number of hydrogen-bond donors (Lipinski definition) is 0. The van der Waals surface area contributed by atoms with Gasteiger partial charge in [-0.2, -0.15) is 0 Å². The van der Waals surface area contributed by atoms with E-state index in [-0.39, 0.29) is 0 Å². The highest BCUT2D eigenvalue weighted by Crippen LogP contribution is 2.11. The third-order valence-electron chi connectivity index (χ3n) is 1.85. The Kier molecular flexibility index (Phi) is 6.48. The minimum Gasteiger partial charge on any atom is -0.491 e. The first-order chi connectivity index (χ1) is 7.86. The Balaban J connectivity index is 2.39. The second-order valence-corrected chi connectivity index (χ2v) is 3.27. The molecule has 0 spiro atoms. The van der Waals surface area contributed by atoms with Gasteiger partial charge >= 0.3 is 0 Å². The van der Waals surface area contributed by atoms with Crippen molar-refractivity contribution in [2.45, 2.75) is 6.92 Å². The molecule has 0 aliphatic carbocycles. The molecule has 0 aromatic heterocycles. The lowest BCUT2D eigenvalue weighted by Crippen LogP contribution is -2.06. The monoisotopic (exact) mass is 238 g/mol. The van der Waals surface area contributed by atoms with Gasteiger partial charge in [-0.25, -0.2) is 0 Å². The fourth-order valence-corrected chi connectivity index (χ4v) is 1.20. The maximum atomic E-state index is 5.47. The Morgan fingerprint density at radius 3 is 2.56 bits per heavy atom. The molecule has 0 heterocycles. The Morgan fingerprint density at radius 1 is 1.19 bits per heavy atom. The molecule has 1 aromatic carbocycles. The van der Waals surface area contributed by atoms with Gasteiger partial charge in [0, 0.05) is 12.2 Å². The zero-order chi connectivity index (χ0) is 11.6. The van der Waals surface area contributed by atoms with Crippen LogP contribution >= 0.6 is 11.6 Å². The Hall–Kier alpha value is -1.17. The summed E-state index contributed by atoms with van der Waals surface area (Å²) >= 11 is 5.47. The highest BCUT2D eigenvalue weighted by molar-refractivity contribution is 6.19. The molecule has 0 fully saturated rings. The molecular weight excluding hydrogens is 224 g/mol. The van der Waals surface area contributed by atoms with Gasteiger partial charge in [-0.3, -0.25) is 0 Å².